The van der Waals surface area contributed by atoms with Crippen molar-refractivity contribution in [3.63, 3.8) is 0 Å². The second kappa shape index (κ2) is 12.4. The number of hydrogen-bond acceptors (Lipinski definition) is 5. The maximum Gasteiger partial charge on any atom is 0.335 e. The van der Waals surface area contributed by atoms with Crippen LogP contribution in [0, 0.1) is 29.2 Å². The van der Waals surface area contributed by atoms with E-state index in [1.807, 2.05) is 11.8 Å². The minimum absolute atomic E-state index is 0. The first-order valence-electron chi connectivity index (χ1n) is 11.0. The summed E-state index contributed by atoms with van der Waals surface area (Å²) < 4.78 is 59.0. The molecule has 38 heavy (non-hydrogen) atoms. The number of benzene rings is 2. The van der Waals surface area contributed by atoms with Crippen molar-refractivity contribution in [2.24, 2.45) is 11.7 Å². The third-order valence-electron chi connectivity index (χ3n) is 5.95. The number of pyridine rings is 1. The van der Waals surface area contributed by atoms with Gasteiger partial charge in [-0.25, -0.2) is 22.4 Å². The number of piperidine rings is 1. The number of carbonyl (C=O) groups is 2. The van der Waals surface area contributed by atoms with Crippen LogP contribution < -0.4 is 16.0 Å². The molecule has 0 saturated carbocycles. The molecule has 2 aromatic carbocycles. The Morgan fingerprint density at radius 3 is 2.29 bits per heavy atom. The van der Waals surface area contributed by atoms with Crippen LogP contribution in [0.15, 0.2) is 42.7 Å². The largest absolute Gasteiger partial charge is 0.478 e. The molecule has 2 atom stereocenters. The highest BCUT2D eigenvalue weighted by atomic mass is 35.5. The number of carboxylic acids is 1. The van der Waals surface area contributed by atoms with Crippen molar-refractivity contribution in [1.82, 2.24) is 4.98 Å². The Kier molecular flexibility index (Phi) is 10.1. The number of carboxylic acid groups (broad SMARTS) is 1. The molecular weight excluding hydrogens is 551 g/mol. The summed E-state index contributed by atoms with van der Waals surface area (Å²) in [7, 11) is 0. The number of nitrogens with two attached hydrogens (primary N) is 1. The fraction of sp³-hybridized carbons (Fsp3) is 0.240. The summed E-state index contributed by atoms with van der Waals surface area (Å²) in [6.07, 6.45) is 3.73. The van der Waals surface area contributed by atoms with Gasteiger partial charge in [-0.1, -0.05) is 6.92 Å². The first-order chi connectivity index (χ1) is 17.1. The normalized spacial score (nSPS) is 16.7. The summed E-state index contributed by atoms with van der Waals surface area (Å²) >= 11 is 0. The van der Waals surface area contributed by atoms with Crippen LogP contribution in [0.2, 0.25) is 0 Å². The fourth-order valence-electron chi connectivity index (χ4n) is 4.44. The zero-order chi connectivity index (χ0) is 26.1. The number of hydrogen-bond donors (Lipinski definition) is 3. The average Bonchev–Trinajstić information content (AvgIpc) is 2.80. The monoisotopic (exact) mass is 574 g/mol. The van der Waals surface area contributed by atoms with E-state index in [1.54, 1.807) is 6.07 Å². The number of amides is 1. The van der Waals surface area contributed by atoms with E-state index in [-0.39, 0.29) is 36.5 Å². The topological polar surface area (TPSA) is 109 Å². The van der Waals surface area contributed by atoms with Gasteiger partial charge in [0.15, 0.2) is 0 Å². The number of carbonyl (C=O) groups excluding carboxylic acids is 1. The summed E-state index contributed by atoms with van der Waals surface area (Å²) in [6.45, 7) is 3.24. The minimum Gasteiger partial charge on any atom is -0.478 e. The van der Waals surface area contributed by atoms with E-state index in [1.165, 1.54) is 12.4 Å². The van der Waals surface area contributed by atoms with Gasteiger partial charge in [-0.05, 0) is 42.7 Å². The summed E-state index contributed by atoms with van der Waals surface area (Å²) in [5.41, 5.74) is 3.31. The second-order valence-corrected chi connectivity index (χ2v) is 8.76. The van der Waals surface area contributed by atoms with Crippen LogP contribution >= 0.6 is 24.8 Å². The maximum atomic E-state index is 15.4. The van der Waals surface area contributed by atoms with Crippen LogP contribution in [0.1, 0.15) is 34.1 Å². The molecule has 0 spiro atoms. The summed E-state index contributed by atoms with van der Waals surface area (Å²) in [5, 5.41) is 11.5. The Balaban J connectivity index is 0.00000253. The van der Waals surface area contributed by atoms with E-state index < -0.39 is 57.4 Å². The fourth-order valence-corrected chi connectivity index (χ4v) is 4.44. The molecule has 4 rings (SSSR count). The second-order valence-electron chi connectivity index (χ2n) is 8.76. The van der Waals surface area contributed by atoms with Crippen molar-refractivity contribution >= 4 is 48.1 Å². The lowest BCUT2D eigenvalue weighted by atomic mass is 9.96. The quantitative estimate of drug-likeness (QED) is 0.358. The lowest BCUT2D eigenvalue weighted by Crippen LogP contribution is -2.46. The number of rotatable bonds is 5. The molecule has 2 heterocycles. The number of aromatic nitrogens is 1. The van der Waals surface area contributed by atoms with Gasteiger partial charge in [-0.15, -0.1) is 24.8 Å². The van der Waals surface area contributed by atoms with Gasteiger partial charge in [0.2, 0.25) is 0 Å². The molecule has 1 amide bonds. The van der Waals surface area contributed by atoms with Crippen LogP contribution in [0.4, 0.5) is 28.9 Å². The van der Waals surface area contributed by atoms with Crippen molar-refractivity contribution in [2.75, 3.05) is 23.3 Å². The maximum absolute atomic E-state index is 15.4. The summed E-state index contributed by atoms with van der Waals surface area (Å²) in [4.78, 5) is 30.0. The van der Waals surface area contributed by atoms with Gasteiger partial charge in [0.25, 0.3) is 5.91 Å². The highest BCUT2D eigenvalue weighted by Crippen LogP contribution is 2.34. The predicted molar refractivity (Wildman–Crippen MR) is 139 cm³/mol. The zero-order valence-electron chi connectivity index (χ0n) is 19.9. The Bertz CT molecular complexity index is 1330. The molecular formula is C25H24Cl2F4N4O3. The summed E-state index contributed by atoms with van der Waals surface area (Å²) in [6, 6.07) is 4.02. The van der Waals surface area contributed by atoms with E-state index >= 15 is 4.39 Å². The molecule has 1 aliphatic rings. The molecule has 0 unspecified atom stereocenters. The molecule has 1 fully saturated rings. The molecule has 1 aromatic heterocycles. The van der Waals surface area contributed by atoms with Crippen molar-refractivity contribution in [2.45, 2.75) is 19.4 Å². The Labute approximate surface area is 227 Å². The molecule has 3 aromatic rings. The summed E-state index contributed by atoms with van der Waals surface area (Å²) in [5.74, 6) is -8.15. The number of nitrogens with one attached hydrogen (secondary N) is 1. The zero-order valence-corrected chi connectivity index (χ0v) is 21.5. The highest BCUT2D eigenvalue weighted by Gasteiger charge is 2.28. The Morgan fingerprint density at radius 1 is 1.03 bits per heavy atom. The molecule has 1 saturated heterocycles. The van der Waals surface area contributed by atoms with Crippen LogP contribution in [0.3, 0.4) is 0 Å². The SMILES string of the molecule is C[C@@H]1C[C@H](N)CN(c2ccncc2NC(=O)c2ccc(F)c(-c3c(F)cc(C(=O)O)cc3F)c2F)C1.Cl.Cl. The van der Waals surface area contributed by atoms with Crippen molar-refractivity contribution in [1.29, 1.82) is 0 Å². The van der Waals surface area contributed by atoms with Crippen LogP contribution in [0.5, 0.6) is 0 Å². The van der Waals surface area contributed by atoms with Gasteiger partial charge < -0.3 is 21.1 Å². The third kappa shape index (κ3) is 6.17. The molecule has 0 bridgehead atoms. The average molecular weight is 575 g/mol. The molecule has 204 valence electrons. The van der Waals surface area contributed by atoms with E-state index in [0.717, 1.165) is 12.5 Å². The number of halogens is 6. The number of nitrogens with zero attached hydrogens (tertiary/aromatic N) is 2. The van der Waals surface area contributed by atoms with E-state index in [4.69, 9.17) is 10.8 Å². The van der Waals surface area contributed by atoms with Crippen LogP contribution in [0.25, 0.3) is 11.1 Å². The van der Waals surface area contributed by atoms with Crippen molar-refractivity contribution in [3.8, 4) is 11.1 Å². The van der Waals surface area contributed by atoms with E-state index in [2.05, 4.69) is 10.3 Å². The lowest BCUT2D eigenvalue weighted by molar-refractivity contribution is 0.0695. The standard InChI is InChI=1S/C25H22F4N4O3.2ClH/c1-12-6-14(30)11-33(10-12)20-4-5-31-9-19(20)32-24(34)15-2-3-16(26)22(23(15)29)21-17(27)7-13(25(35)36)8-18(21)28;;/h2-5,7-9,12,14H,6,10-11,30H2,1H3,(H,32,34)(H,35,36);2*1H/t12-,14+;;/m1../s1. The van der Waals surface area contributed by atoms with Gasteiger partial charge in [-0.3, -0.25) is 9.78 Å². The highest BCUT2D eigenvalue weighted by molar-refractivity contribution is 6.06. The minimum atomic E-state index is -1.62. The third-order valence-corrected chi connectivity index (χ3v) is 5.95. The van der Waals surface area contributed by atoms with Crippen LogP contribution in [-0.2, 0) is 0 Å². The van der Waals surface area contributed by atoms with Gasteiger partial charge in [-0.2, -0.15) is 0 Å². The number of aromatic carboxylic acids is 1. The molecule has 7 nitrogen and oxygen atoms in total. The van der Waals surface area contributed by atoms with E-state index in [9.17, 15) is 22.8 Å². The molecule has 13 heteroatoms. The molecule has 1 aliphatic heterocycles. The van der Waals surface area contributed by atoms with Crippen molar-refractivity contribution in [3.05, 3.63) is 77.1 Å². The van der Waals surface area contributed by atoms with Gasteiger partial charge in [0.1, 0.15) is 23.3 Å². The molecule has 0 radical (unpaired) electrons. The Hall–Kier alpha value is -3.41. The van der Waals surface area contributed by atoms with Crippen LogP contribution in [-0.4, -0.2) is 41.1 Å². The van der Waals surface area contributed by atoms with Gasteiger partial charge in [0.05, 0.1) is 39.8 Å². The Morgan fingerprint density at radius 2 is 1.68 bits per heavy atom. The van der Waals surface area contributed by atoms with Gasteiger partial charge in [0, 0.05) is 25.3 Å². The lowest BCUT2D eigenvalue weighted by Gasteiger charge is -2.37. The smallest absolute Gasteiger partial charge is 0.335 e. The first-order valence-corrected chi connectivity index (χ1v) is 11.0. The molecule has 4 N–H and O–H groups in total. The number of anilines is 2. The predicted octanol–water partition coefficient (Wildman–Crippen LogP) is 5.27. The van der Waals surface area contributed by atoms with E-state index in [0.29, 0.717) is 42.9 Å². The molecule has 0 aliphatic carbocycles. The van der Waals surface area contributed by atoms with Gasteiger partial charge >= 0.3 is 5.97 Å². The van der Waals surface area contributed by atoms with Crippen molar-refractivity contribution < 1.29 is 32.3 Å². The first kappa shape index (κ1) is 30.8.